The maximum atomic E-state index is 11.9. The molecule has 0 aliphatic carbocycles. The number of hydrogen-bond acceptors (Lipinski definition) is 5. The molecule has 0 spiro atoms. The summed E-state index contributed by atoms with van der Waals surface area (Å²) in [6.45, 7) is 1.91. The molecule has 2 heterocycles. The third-order valence-electron chi connectivity index (χ3n) is 3.80. The molecule has 0 bridgehead atoms. The molecule has 0 saturated carbocycles. The van der Waals surface area contributed by atoms with Crippen LogP contribution in [0.2, 0.25) is 0 Å². The van der Waals surface area contributed by atoms with Gasteiger partial charge in [-0.05, 0) is 32.1 Å². The highest BCUT2D eigenvalue weighted by Gasteiger charge is 2.32. The van der Waals surface area contributed by atoms with Gasteiger partial charge in [0.25, 0.3) is 0 Å². The summed E-state index contributed by atoms with van der Waals surface area (Å²) in [5, 5.41) is 13.1. The van der Waals surface area contributed by atoms with Gasteiger partial charge in [-0.2, -0.15) is 0 Å². The highest BCUT2D eigenvalue weighted by Crippen LogP contribution is 2.17. The Morgan fingerprint density at radius 1 is 1.50 bits per heavy atom. The number of rotatable bonds is 6. The van der Waals surface area contributed by atoms with Gasteiger partial charge in [-0.3, -0.25) is 9.69 Å². The van der Waals surface area contributed by atoms with E-state index in [0.717, 1.165) is 11.3 Å². The Hall–Kier alpha value is -1.99. The number of H-pyrrole nitrogens is 1. The highest BCUT2D eigenvalue weighted by atomic mass is 16.3. The molecule has 0 fully saturated rings. The number of carbonyl (C=O) groups is 1. The summed E-state index contributed by atoms with van der Waals surface area (Å²) in [5.74, 6) is 0.426. The smallest absolute Gasteiger partial charge is 0.239 e. The van der Waals surface area contributed by atoms with Crippen LogP contribution in [0.3, 0.4) is 0 Å². The third kappa shape index (κ3) is 3.42. The molecule has 120 valence electrons. The topological polar surface area (TPSA) is 94.1 Å². The zero-order valence-corrected chi connectivity index (χ0v) is 13.4. The van der Waals surface area contributed by atoms with E-state index in [0.29, 0.717) is 12.1 Å². The van der Waals surface area contributed by atoms with Crippen LogP contribution in [0.25, 0.3) is 11.2 Å². The van der Waals surface area contributed by atoms with Gasteiger partial charge in [0, 0.05) is 19.7 Å². The lowest BCUT2D eigenvalue weighted by Gasteiger charge is -2.30. The number of likely N-dealkylation sites (N-methyl/N-ethyl adjacent to an activating group) is 2. The van der Waals surface area contributed by atoms with Gasteiger partial charge < -0.3 is 15.4 Å². The van der Waals surface area contributed by atoms with E-state index in [1.165, 1.54) is 0 Å². The summed E-state index contributed by atoms with van der Waals surface area (Å²) < 4.78 is 0. The van der Waals surface area contributed by atoms with Gasteiger partial charge in [0.15, 0.2) is 5.65 Å². The molecule has 7 heteroatoms. The average Bonchev–Trinajstić information content (AvgIpc) is 2.88. The number of nitrogens with one attached hydrogen (secondary N) is 2. The van der Waals surface area contributed by atoms with Gasteiger partial charge in [0.05, 0.1) is 11.6 Å². The highest BCUT2D eigenvalue weighted by molar-refractivity contribution is 5.82. The molecule has 0 aromatic carbocycles. The van der Waals surface area contributed by atoms with E-state index in [4.69, 9.17) is 0 Å². The monoisotopic (exact) mass is 305 g/mol. The fraction of sp³-hybridized carbons (Fsp3) is 0.533. The first kappa shape index (κ1) is 16.4. The number of aromatic nitrogens is 3. The number of amides is 1. The predicted octanol–water partition coefficient (Wildman–Crippen LogP) is 0.174. The number of pyridine rings is 1. The number of carbonyl (C=O) groups excluding carboxylic acids is 1. The third-order valence-corrected chi connectivity index (χ3v) is 3.80. The lowest BCUT2D eigenvalue weighted by atomic mass is 9.93. The zero-order valence-electron chi connectivity index (χ0n) is 13.4. The molecule has 2 aromatic rings. The van der Waals surface area contributed by atoms with E-state index in [1.54, 1.807) is 32.2 Å². The van der Waals surface area contributed by atoms with Crippen LogP contribution >= 0.6 is 0 Å². The number of fused-ring (bicyclic) bond motifs is 1. The fourth-order valence-corrected chi connectivity index (χ4v) is 2.57. The number of aliphatic hydroxyl groups excluding tert-OH is 1. The van der Waals surface area contributed by atoms with Crippen molar-refractivity contribution in [2.45, 2.75) is 25.5 Å². The van der Waals surface area contributed by atoms with Gasteiger partial charge in [0.1, 0.15) is 11.9 Å². The van der Waals surface area contributed by atoms with Crippen LogP contribution in [0.5, 0.6) is 0 Å². The van der Waals surface area contributed by atoms with Crippen LogP contribution in [-0.2, 0) is 11.2 Å². The molecular weight excluding hydrogens is 282 g/mol. The summed E-state index contributed by atoms with van der Waals surface area (Å²) >= 11 is 0. The molecule has 0 saturated heterocycles. The quantitative estimate of drug-likeness (QED) is 0.707. The van der Waals surface area contributed by atoms with Gasteiger partial charge in [-0.1, -0.05) is 6.92 Å². The Bertz CT molecular complexity index is 607. The Kier molecular flexibility index (Phi) is 5.10. The maximum absolute atomic E-state index is 11.9. The number of nitrogens with zero attached hydrogens (tertiary/aromatic N) is 3. The van der Waals surface area contributed by atoms with Crippen molar-refractivity contribution in [3.63, 3.8) is 0 Å². The molecule has 0 radical (unpaired) electrons. The molecule has 1 amide bonds. The van der Waals surface area contributed by atoms with Crippen molar-refractivity contribution in [1.29, 1.82) is 0 Å². The first-order valence-corrected chi connectivity index (χ1v) is 7.29. The molecule has 7 nitrogen and oxygen atoms in total. The van der Waals surface area contributed by atoms with Crippen molar-refractivity contribution in [2.24, 2.45) is 5.92 Å². The summed E-state index contributed by atoms with van der Waals surface area (Å²) in [6.07, 6.45) is 1.44. The Morgan fingerprint density at radius 3 is 2.82 bits per heavy atom. The average molecular weight is 305 g/mol. The van der Waals surface area contributed by atoms with Crippen LogP contribution in [0.15, 0.2) is 18.3 Å². The van der Waals surface area contributed by atoms with Crippen LogP contribution < -0.4 is 5.32 Å². The van der Waals surface area contributed by atoms with Crippen molar-refractivity contribution in [1.82, 2.24) is 25.2 Å². The molecule has 0 unspecified atom stereocenters. The first-order valence-electron chi connectivity index (χ1n) is 7.29. The van der Waals surface area contributed by atoms with Gasteiger partial charge >= 0.3 is 0 Å². The zero-order chi connectivity index (χ0) is 16.3. The Labute approximate surface area is 129 Å². The van der Waals surface area contributed by atoms with Crippen molar-refractivity contribution in [2.75, 3.05) is 21.1 Å². The summed E-state index contributed by atoms with van der Waals surface area (Å²) in [5.41, 5.74) is 1.53. The van der Waals surface area contributed by atoms with Crippen molar-refractivity contribution < 1.29 is 9.90 Å². The van der Waals surface area contributed by atoms with Gasteiger partial charge in [-0.25, -0.2) is 9.97 Å². The van der Waals surface area contributed by atoms with Gasteiger partial charge in [-0.15, -0.1) is 0 Å². The molecule has 3 atom stereocenters. The minimum atomic E-state index is -0.795. The van der Waals surface area contributed by atoms with Crippen LogP contribution in [0, 0.1) is 5.92 Å². The predicted molar refractivity (Wildman–Crippen MR) is 84.3 cm³/mol. The van der Waals surface area contributed by atoms with Gasteiger partial charge in [0.2, 0.25) is 5.91 Å². The van der Waals surface area contributed by atoms with Crippen LogP contribution in [-0.4, -0.2) is 64.2 Å². The Balaban J connectivity index is 2.12. The molecule has 3 N–H and O–H groups in total. The summed E-state index contributed by atoms with van der Waals surface area (Å²) in [7, 11) is 5.13. The molecule has 2 rings (SSSR count). The standard InChI is InChI=1S/C15H23N5O2/c1-9(13(21)12(20(3)4)15(22)16-2)8-11-18-10-6-5-7-17-14(10)19-11/h5-7,9,12-13,21H,8H2,1-4H3,(H,16,22)(H,17,18,19)/t9-,12+,13-/m1/s1. The largest absolute Gasteiger partial charge is 0.391 e. The van der Waals surface area contributed by atoms with Crippen molar-refractivity contribution in [3.8, 4) is 0 Å². The van der Waals surface area contributed by atoms with E-state index in [2.05, 4.69) is 20.3 Å². The number of imidazole rings is 1. The Morgan fingerprint density at radius 2 is 2.23 bits per heavy atom. The van der Waals surface area contributed by atoms with Crippen molar-refractivity contribution in [3.05, 3.63) is 24.2 Å². The van der Waals surface area contributed by atoms with E-state index in [9.17, 15) is 9.90 Å². The lowest BCUT2D eigenvalue weighted by molar-refractivity contribution is -0.130. The maximum Gasteiger partial charge on any atom is 0.239 e. The minimum absolute atomic E-state index is 0.134. The minimum Gasteiger partial charge on any atom is -0.391 e. The summed E-state index contributed by atoms with van der Waals surface area (Å²) in [4.78, 5) is 25.5. The van der Waals surface area contributed by atoms with E-state index in [1.807, 2.05) is 19.1 Å². The second kappa shape index (κ2) is 6.85. The van der Waals surface area contributed by atoms with Crippen molar-refractivity contribution >= 4 is 17.1 Å². The van der Waals surface area contributed by atoms with Crippen LogP contribution in [0.4, 0.5) is 0 Å². The van der Waals surface area contributed by atoms with E-state index in [-0.39, 0.29) is 11.8 Å². The summed E-state index contributed by atoms with van der Waals surface area (Å²) in [6, 6.07) is 3.16. The SMILES string of the molecule is CNC(=O)[C@H]([C@H](O)[C@H](C)Cc1nc2ncccc2[nH]1)N(C)C. The van der Waals surface area contributed by atoms with E-state index >= 15 is 0 Å². The van der Waals surface area contributed by atoms with Crippen LogP contribution in [0.1, 0.15) is 12.7 Å². The molecule has 2 aromatic heterocycles. The lowest BCUT2D eigenvalue weighted by Crippen LogP contribution is -2.52. The molecule has 22 heavy (non-hydrogen) atoms. The molecule has 0 aliphatic rings. The number of hydrogen-bond donors (Lipinski definition) is 3. The molecular formula is C15H23N5O2. The van der Waals surface area contributed by atoms with E-state index < -0.39 is 12.1 Å². The second-order valence-electron chi connectivity index (χ2n) is 5.75. The first-order chi connectivity index (χ1) is 10.4. The number of aliphatic hydroxyl groups is 1. The second-order valence-corrected chi connectivity index (χ2v) is 5.75. The number of aromatic amines is 1. The molecule has 0 aliphatic heterocycles. The normalized spacial score (nSPS) is 15.7. The fourth-order valence-electron chi connectivity index (χ4n) is 2.57.